The van der Waals surface area contributed by atoms with Gasteiger partial charge in [0.1, 0.15) is 5.82 Å². The Morgan fingerprint density at radius 3 is 2.33 bits per heavy atom. The van der Waals surface area contributed by atoms with Gasteiger partial charge in [0.15, 0.2) is 0 Å². The standard InChI is InChI=1S/C33H44N6O3/c40-32(35-31-24-17-23-18-25(31)21-33(41,19-23)20-24)42-39-16-15-38(28-5-1-2-6-29(28)39)30-8-7-27(22-34-30)37-13-9-26(10-14-37)36-11-3-4-12-36/h1-2,5-8,22-26,31,41H,3-4,9-21H2,(H,35,40)/t23?,24-,25+,31?,33?. The van der Waals surface area contributed by atoms with Gasteiger partial charge in [0.2, 0.25) is 0 Å². The Bertz CT molecular complexity index is 1270. The van der Waals surface area contributed by atoms with Crippen molar-refractivity contribution in [2.45, 2.75) is 75.5 Å². The molecule has 6 fully saturated rings. The largest absolute Gasteiger partial charge is 0.431 e. The summed E-state index contributed by atoms with van der Waals surface area (Å²) in [5.41, 5.74) is 2.54. The van der Waals surface area contributed by atoms with Crippen LogP contribution >= 0.6 is 0 Å². The van der Waals surface area contributed by atoms with Crippen molar-refractivity contribution in [2.75, 3.05) is 54.1 Å². The van der Waals surface area contributed by atoms with Crippen LogP contribution in [0.1, 0.15) is 57.8 Å². The Hall–Kier alpha value is -3.04. The van der Waals surface area contributed by atoms with Crippen molar-refractivity contribution in [3.05, 3.63) is 42.6 Å². The number of para-hydroxylation sites is 2. The smallest absolute Gasteiger partial charge is 0.390 e. The summed E-state index contributed by atoms with van der Waals surface area (Å²) in [4.78, 5) is 31.4. The molecule has 0 radical (unpaired) electrons. The van der Waals surface area contributed by atoms with Crippen molar-refractivity contribution in [1.29, 1.82) is 0 Å². The van der Waals surface area contributed by atoms with E-state index in [1.54, 1.807) is 5.06 Å². The van der Waals surface area contributed by atoms with Crippen LogP contribution in [0.15, 0.2) is 42.6 Å². The first-order valence-electron chi connectivity index (χ1n) is 16.3. The third-order valence-corrected chi connectivity index (χ3v) is 11.2. The van der Waals surface area contributed by atoms with Gasteiger partial charge in [-0.25, -0.2) is 14.8 Å². The highest BCUT2D eigenvalue weighted by molar-refractivity contribution is 5.79. The number of aliphatic hydroxyl groups is 1. The summed E-state index contributed by atoms with van der Waals surface area (Å²) in [7, 11) is 0. The molecule has 9 heteroatoms. The second-order valence-corrected chi connectivity index (χ2v) is 13.8. The van der Waals surface area contributed by atoms with E-state index in [1.165, 1.54) is 44.5 Å². The van der Waals surface area contributed by atoms with Crippen molar-refractivity contribution >= 4 is 29.0 Å². The summed E-state index contributed by atoms with van der Waals surface area (Å²) in [6.45, 7) is 5.95. The van der Waals surface area contributed by atoms with Gasteiger partial charge in [-0.05, 0) is 113 Å². The van der Waals surface area contributed by atoms with Crippen LogP contribution in [0, 0.1) is 17.8 Å². The molecule has 2 aromatic rings. The fourth-order valence-corrected chi connectivity index (χ4v) is 9.47. The number of anilines is 4. The maximum Gasteiger partial charge on any atom is 0.431 e. The van der Waals surface area contributed by atoms with E-state index in [0.29, 0.717) is 30.8 Å². The molecule has 1 aromatic heterocycles. The molecule has 3 aliphatic heterocycles. The fraction of sp³-hybridized carbons (Fsp3) is 0.636. The van der Waals surface area contributed by atoms with Gasteiger partial charge in [0, 0.05) is 31.7 Å². The number of rotatable bonds is 5. The molecular formula is C33H44N6O3. The van der Waals surface area contributed by atoms with Gasteiger partial charge in [-0.15, -0.1) is 0 Å². The maximum atomic E-state index is 13.2. The molecule has 5 atom stereocenters. The van der Waals surface area contributed by atoms with Crippen molar-refractivity contribution in [2.24, 2.45) is 17.8 Å². The highest BCUT2D eigenvalue weighted by atomic mass is 16.7. The molecule has 4 bridgehead atoms. The number of fused-ring (bicyclic) bond motifs is 1. The lowest BCUT2D eigenvalue weighted by Crippen LogP contribution is -2.62. The third kappa shape index (κ3) is 4.88. The number of carbonyl (C=O) groups excluding carboxylic acids is 1. The van der Waals surface area contributed by atoms with Crippen molar-refractivity contribution in [1.82, 2.24) is 15.2 Å². The molecular weight excluding hydrogens is 528 g/mol. The molecule has 9 rings (SSSR count). The van der Waals surface area contributed by atoms with Gasteiger partial charge in [-0.1, -0.05) is 12.1 Å². The van der Waals surface area contributed by atoms with E-state index in [-0.39, 0.29) is 6.04 Å². The van der Waals surface area contributed by atoms with Crippen LogP contribution in [0.25, 0.3) is 0 Å². The predicted molar refractivity (Wildman–Crippen MR) is 163 cm³/mol. The van der Waals surface area contributed by atoms with Crippen LogP contribution < -0.4 is 20.2 Å². The predicted octanol–water partition coefficient (Wildman–Crippen LogP) is 4.69. The van der Waals surface area contributed by atoms with E-state index < -0.39 is 11.7 Å². The van der Waals surface area contributed by atoms with Crippen LogP contribution in [0.5, 0.6) is 0 Å². The SMILES string of the molecule is O=C(NC1[C@@H]2CC3C[C@H]1CC(O)(C3)C2)ON1CCN(c2ccc(N3CCC(N4CCCC4)CC3)cn2)c2ccccc21. The molecule has 4 aliphatic carbocycles. The third-order valence-electron chi connectivity index (χ3n) is 11.2. The molecule has 7 aliphatic rings. The van der Waals surface area contributed by atoms with Gasteiger partial charge in [-0.3, -0.25) is 0 Å². The number of hydroxylamine groups is 1. The highest BCUT2D eigenvalue weighted by Crippen LogP contribution is 2.55. The fourth-order valence-electron chi connectivity index (χ4n) is 9.47. The van der Waals surface area contributed by atoms with Gasteiger partial charge < -0.3 is 30.0 Å². The number of nitrogens with one attached hydrogen (secondary N) is 1. The first-order chi connectivity index (χ1) is 20.5. The minimum Gasteiger partial charge on any atom is -0.390 e. The van der Waals surface area contributed by atoms with Crippen LogP contribution in [0.2, 0.25) is 0 Å². The molecule has 2 saturated heterocycles. The number of hydrogen-bond donors (Lipinski definition) is 2. The number of hydrogen-bond acceptors (Lipinski definition) is 8. The second kappa shape index (κ2) is 10.6. The molecule has 9 nitrogen and oxygen atoms in total. The number of aromatic nitrogens is 1. The Morgan fingerprint density at radius 2 is 1.64 bits per heavy atom. The summed E-state index contributed by atoms with van der Waals surface area (Å²) in [5.74, 6) is 2.22. The summed E-state index contributed by atoms with van der Waals surface area (Å²) < 4.78 is 0. The topological polar surface area (TPSA) is 84.4 Å². The van der Waals surface area contributed by atoms with Crippen molar-refractivity contribution < 1.29 is 14.7 Å². The Balaban J connectivity index is 0.911. The van der Waals surface area contributed by atoms with Gasteiger partial charge >= 0.3 is 6.09 Å². The molecule has 4 heterocycles. The van der Waals surface area contributed by atoms with E-state index in [4.69, 9.17) is 9.82 Å². The number of benzene rings is 1. The molecule has 3 unspecified atom stereocenters. The summed E-state index contributed by atoms with van der Waals surface area (Å²) in [6, 6.07) is 13.3. The van der Waals surface area contributed by atoms with Gasteiger partial charge in [0.05, 0.1) is 35.4 Å². The van der Waals surface area contributed by atoms with E-state index in [9.17, 15) is 9.90 Å². The monoisotopic (exact) mass is 572 g/mol. The van der Waals surface area contributed by atoms with E-state index in [1.807, 2.05) is 24.4 Å². The average Bonchev–Trinajstić information content (AvgIpc) is 3.54. The lowest BCUT2D eigenvalue weighted by atomic mass is 9.52. The quantitative estimate of drug-likeness (QED) is 0.534. The molecule has 4 saturated carbocycles. The van der Waals surface area contributed by atoms with Gasteiger partial charge in [-0.2, -0.15) is 0 Å². The first-order valence-corrected chi connectivity index (χ1v) is 16.3. The zero-order valence-corrected chi connectivity index (χ0v) is 24.5. The van der Waals surface area contributed by atoms with Gasteiger partial charge in [0.25, 0.3) is 0 Å². The van der Waals surface area contributed by atoms with Crippen LogP contribution in [-0.2, 0) is 4.84 Å². The van der Waals surface area contributed by atoms with Crippen molar-refractivity contribution in [3.63, 3.8) is 0 Å². The molecule has 2 N–H and O–H groups in total. The summed E-state index contributed by atoms with van der Waals surface area (Å²) in [6.07, 6.45) is 11.6. The van der Waals surface area contributed by atoms with Crippen LogP contribution in [0.3, 0.4) is 0 Å². The van der Waals surface area contributed by atoms with E-state index in [0.717, 1.165) is 68.4 Å². The number of piperidine rings is 1. The van der Waals surface area contributed by atoms with Crippen LogP contribution in [0.4, 0.5) is 27.7 Å². The molecule has 42 heavy (non-hydrogen) atoms. The molecule has 224 valence electrons. The lowest BCUT2D eigenvalue weighted by molar-refractivity contribution is -0.137. The maximum absolute atomic E-state index is 13.2. The lowest BCUT2D eigenvalue weighted by Gasteiger charge is -2.57. The zero-order chi connectivity index (χ0) is 28.3. The zero-order valence-electron chi connectivity index (χ0n) is 24.5. The minimum absolute atomic E-state index is 0.0968. The van der Waals surface area contributed by atoms with Crippen LogP contribution in [-0.4, -0.2) is 78.0 Å². The Morgan fingerprint density at radius 1 is 0.905 bits per heavy atom. The molecule has 1 aromatic carbocycles. The average molecular weight is 573 g/mol. The molecule has 1 amide bonds. The number of likely N-dealkylation sites (tertiary alicyclic amines) is 1. The first kappa shape index (κ1) is 26.6. The Kier molecular flexibility index (Phi) is 6.70. The second-order valence-electron chi connectivity index (χ2n) is 13.8. The highest BCUT2D eigenvalue weighted by Gasteiger charge is 2.55. The number of pyridine rings is 1. The number of nitrogens with zero attached hydrogens (tertiary/aromatic N) is 5. The summed E-state index contributed by atoms with van der Waals surface area (Å²) >= 11 is 0. The summed E-state index contributed by atoms with van der Waals surface area (Å²) in [5, 5.41) is 15.8. The molecule has 0 spiro atoms. The number of amides is 1. The normalized spacial score (nSPS) is 32.7. The van der Waals surface area contributed by atoms with E-state index >= 15 is 0 Å². The Labute approximate surface area is 248 Å². The minimum atomic E-state index is -0.510. The van der Waals surface area contributed by atoms with Crippen molar-refractivity contribution in [3.8, 4) is 0 Å². The number of carbonyl (C=O) groups is 1. The van der Waals surface area contributed by atoms with E-state index in [2.05, 4.69) is 38.2 Å².